The van der Waals surface area contributed by atoms with E-state index in [4.69, 9.17) is 0 Å². The topological polar surface area (TPSA) is 83.5 Å². The molecule has 0 spiro atoms. The van der Waals surface area contributed by atoms with E-state index in [9.17, 15) is 9.59 Å². The van der Waals surface area contributed by atoms with E-state index in [-0.39, 0.29) is 11.2 Å². The highest BCUT2D eigenvalue weighted by Gasteiger charge is 2.10. The summed E-state index contributed by atoms with van der Waals surface area (Å²) in [6.45, 7) is 0. The molecule has 2 heterocycles. The van der Waals surface area contributed by atoms with Crippen LogP contribution in [0.1, 0.15) is 0 Å². The monoisotopic (exact) mass is 228 g/mol. The second-order valence-corrected chi connectivity index (χ2v) is 3.53. The predicted octanol–water partition coefficient (Wildman–Crippen LogP) is 0.402. The van der Waals surface area contributed by atoms with Gasteiger partial charge in [0, 0.05) is 0 Å². The molecule has 0 bridgehead atoms. The summed E-state index contributed by atoms with van der Waals surface area (Å²) in [6.07, 6.45) is 1.37. The van der Waals surface area contributed by atoms with Gasteiger partial charge >= 0.3 is 5.69 Å². The molecule has 0 atom stereocenters. The number of rotatable bonds is 1. The normalized spacial score (nSPS) is 10.8. The van der Waals surface area contributed by atoms with Gasteiger partial charge in [0.25, 0.3) is 5.56 Å². The van der Waals surface area contributed by atoms with Crippen molar-refractivity contribution in [3.05, 3.63) is 57.5 Å². The summed E-state index contributed by atoms with van der Waals surface area (Å²) in [5.74, 6) is 0. The van der Waals surface area contributed by atoms with Crippen LogP contribution < -0.4 is 11.2 Å². The first-order chi connectivity index (χ1) is 8.27. The minimum atomic E-state index is -0.499. The minimum absolute atomic E-state index is 0.271. The molecule has 0 saturated heterocycles. The number of nitrogens with zero attached hydrogens (tertiary/aromatic N) is 2. The zero-order valence-electron chi connectivity index (χ0n) is 8.68. The van der Waals surface area contributed by atoms with Gasteiger partial charge < -0.3 is 4.98 Å². The van der Waals surface area contributed by atoms with Crippen LogP contribution in [0, 0.1) is 0 Å². The molecule has 0 aliphatic carbocycles. The molecule has 3 rings (SSSR count). The smallest absolute Gasteiger partial charge is 0.334 e. The van der Waals surface area contributed by atoms with Gasteiger partial charge in [0.15, 0.2) is 5.65 Å². The number of H-pyrrole nitrogens is 2. The van der Waals surface area contributed by atoms with Crippen molar-refractivity contribution in [1.82, 2.24) is 19.5 Å². The quantitative estimate of drug-likeness (QED) is 0.632. The van der Waals surface area contributed by atoms with E-state index in [2.05, 4.69) is 15.0 Å². The maximum atomic E-state index is 12.1. The molecule has 1 aromatic carbocycles. The van der Waals surface area contributed by atoms with Gasteiger partial charge in [-0.15, -0.1) is 0 Å². The fourth-order valence-electron chi connectivity index (χ4n) is 1.72. The maximum Gasteiger partial charge on any atom is 0.334 e. The van der Waals surface area contributed by atoms with Gasteiger partial charge in [-0.2, -0.15) is 0 Å². The van der Waals surface area contributed by atoms with E-state index in [1.54, 1.807) is 24.3 Å². The SMILES string of the molecule is O=c1[nH]c2nc[nH]c2c(=O)n1-c1ccccc1. The molecule has 0 saturated carbocycles. The second kappa shape index (κ2) is 3.44. The number of para-hydroxylation sites is 1. The van der Waals surface area contributed by atoms with E-state index in [0.717, 1.165) is 4.57 Å². The molecule has 6 nitrogen and oxygen atoms in total. The fourth-order valence-corrected chi connectivity index (χ4v) is 1.72. The summed E-state index contributed by atoms with van der Waals surface area (Å²) >= 11 is 0. The van der Waals surface area contributed by atoms with Gasteiger partial charge in [-0.25, -0.2) is 14.3 Å². The molecule has 2 N–H and O–H groups in total. The Kier molecular flexibility index (Phi) is 1.94. The van der Waals surface area contributed by atoms with Crippen molar-refractivity contribution in [1.29, 1.82) is 0 Å². The van der Waals surface area contributed by atoms with Gasteiger partial charge in [0.2, 0.25) is 0 Å². The van der Waals surface area contributed by atoms with Crippen LogP contribution in [0.5, 0.6) is 0 Å². The van der Waals surface area contributed by atoms with E-state index in [1.165, 1.54) is 6.33 Å². The van der Waals surface area contributed by atoms with E-state index < -0.39 is 11.2 Å². The standard InChI is InChI=1S/C11H8N4O2/c16-10-8-9(13-6-12-8)14-11(17)15(10)7-4-2-1-3-5-7/h1-6H,(H,12,13)(H,14,17). The molecule has 6 heteroatoms. The minimum Gasteiger partial charge on any atom is -0.339 e. The highest BCUT2D eigenvalue weighted by molar-refractivity contribution is 5.68. The average molecular weight is 228 g/mol. The first kappa shape index (κ1) is 9.59. The highest BCUT2D eigenvalue weighted by atomic mass is 16.2. The third-order valence-corrected chi connectivity index (χ3v) is 2.50. The third kappa shape index (κ3) is 1.38. The molecule has 2 aromatic heterocycles. The number of hydrogen-bond acceptors (Lipinski definition) is 3. The van der Waals surface area contributed by atoms with Crippen LogP contribution in [-0.4, -0.2) is 19.5 Å². The zero-order chi connectivity index (χ0) is 11.8. The molecule has 0 amide bonds. The van der Waals surface area contributed by atoms with Crippen LogP contribution in [-0.2, 0) is 0 Å². The Bertz CT molecular complexity index is 782. The summed E-state index contributed by atoms with van der Waals surface area (Å²) < 4.78 is 1.07. The van der Waals surface area contributed by atoms with Crippen molar-refractivity contribution in [2.45, 2.75) is 0 Å². The number of aromatic nitrogens is 4. The molecule has 0 unspecified atom stereocenters. The number of nitrogens with one attached hydrogen (secondary N) is 2. The predicted molar refractivity (Wildman–Crippen MR) is 62.3 cm³/mol. The van der Waals surface area contributed by atoms with Gasteiger partial charge in [-0.3, -0.25) is 9.78 Å². The molecular formula is C11H8N4O2. The lowest BCUT2D eigenvalue weighted by atomic mass is 10.3. The molecule has 0 radical (unpaired) electrons. The van der Waals surface area contributed by atoms with Crippen LogP contribution in [0.3, 0.4) is 0 Å². The zero-order valence-corrected chi connectivity index (χ0v) is 8.68. The number of aromatic amines is 2. The largest absolute Gasteiger partial charge is 0.339 e. The Balaban J connectivity index is 2.45. The summed E-state index contributed by atoms with van der Waals surface area (Å²) in [7, 11) is 0. The van der Waals surface area contributed by atoms with Crippen LogP contribution in [0.15, 0.2) is 46.2 Å². The van der Waals surface area contributed by atoms with E-state index in [1.807, 2.05) is 6.07 Å². The summed E-state index contributed by atoms with van der Waals surface area (Å²) in [6, 6.07) is 8.73. The van der Waals surface area contributed by atoms with Gasteiger partial charge in [-0.05, 0) is 12.1 Å². The van der Waals surface area contributed by atoms with Crippen molar-refractivity contribution in [2.75, 3.05) is 0 Å². The summed E-state index contributed by atoms with van der Waals surface area (Å²) in [4.78, 5) is 33.0. The van der Waals surface area contributed by atoms with Crippen LogP contribution in [0.4, 0.5) is 0 Å². The van der Waals surface area contributed by atoms with Gasteiger partial charge in [0.1, 0.15) is 5.52 Å². The Morgan fingerprint density at radius 3 is 2.65 bits per heavy atom. The van der Waals surface area contributed by atoms with E-state index in [0.29, 0.717) is 5.69 Å². The molecule has 0 aliphatic heterocycles. The maximum absolute atomic E-state index is 12.1. The van der Waals surface area contributed by atoms with Crippen molar-refractivity contribution in [3.63, 3.8) is 0 Å². The fraction of sp³-hybridized carbons (Fsp3) is 0. The second-order valence-electron chi connectivity index (χ2n) is 3.53. The number of fused-ring (bicyclic) bond motifs is 1. The molecule has 0 fully saturated rings. The molecule has 3 aromatic rings. The van der Waals surface area contributed by atoms with E-state index >= 15 is 0 Å². The van der Waals surface area contributed by atoms with Crippen molar-refractivity contribution < 1.29 is 0 Å². The van der Waals surface area contributed by atoms with Crippen LogP contribution >= 0.6 is 0 Å². The lowest BCUT2D eigenvalue weighted by Gasteiger charge is -2.03. The first-order valence-corrected chi connectivity index (χ1v) is 5.01. The first-order valence-electron chi connectivity index (χ1n) is 5.01. The number of imidazole rings is 1. The Morgan fingerprint density at radius 2 is 1.88 bits per heavy atom. The van der Waals surface area contributed by atoms with Crippen LogP contribution in [0.25, 0.3) is 16.9 Å². The van der Waals surface area contributed by atoms with Crippen LogP contribution in [0.2, 0.25) is 0 Å². The summed E-state index contributed by atoms with van der Waals surface area (Å²) in [5, 5.41) is 0. The average Bonchev–Trinajstić information content (AvgIpc) is 2.78. The lowest BCUT2D eigenvalue weighted by Crippen LogP contribution is -2.33. The lowest BCUT2D eigenvalue weighted by molar-refractivity contribution is 0.896. The summed E-state index contributed by atoms with van der Waals surface area (Å²) in [5.41, 5.74) is 0.170. The third-order valence-electron chi connectivity index (χ3n) is 2.50. The van der Waals surface area contributed by atoms with Crippen molar-refractivity contribution in [2.24, 2.45) is 0 Å². The molecule has 0 aliphatic rings. The Labute approximate surface area is 94.6 Å². The molecular weight excluding hydrogens is 220 g/mol. The van der Waals surface area contributed by atoms with Crippen molar-refractivity contribution in [3.8, 4) is 5.69 Å². The Morgan fingerprint density at radius 1 is 1.12 bits per heavy atom. The molecule has 84 valence electrons. The molecule has 17 heavy (non-hydrogen) atoms. The Hall–Kier alpha value is -2.63. The van der Waals surface area contributed by atoms with Gasteiger partial charge in [0.05, 0.1) is 12.0 Å². The number of hydrogen-bond donors (Lipinski definition) is 2. The van der Waals surface area contributed by atoms with Gasteiger partial charge in [-0.1, -0.05) is 18.2 Å². The highest BCUT2D eigenvalue weighted by Crippen LogP contribution is 2.02. The van der Waals surface area contributed by atoms with Crippen molar-refractivity contribution >= 4 is 11.2 Å². The number of benzene rings is 1.